The van der Waals surface area contributed by atoms with Gasteiger partial charge in [-0.15, -0.1) is 24.0 Å². The number of hydrogen-bond donors (Lipinski definition) is 2. The van der Waals surface area contributed by atoms with Gasteiger partial charge < -0.3 is 15.0 Å². The first-order valence-corrected chi connectivity index (χ1v) is 11.5. The van der Waals surface area contributed by atoms with Crippen molar-refractivity contribution in [3.05, 3.63) is 65.2 Å². The van der Waals surface area contributed by atoms with Crippen LogP contribution >= 0.6 is 24.0 Å². The number of nitrogens with zero attached hydrogens (tertiary/aromatic N) is 2. The summed E-state index contributed by atoms with van der Waals surface area (Å²) in [5.74, 6) is 0.768. The number of ether oxygens (including phenoxy) is 1. The molecular weight excluding hydrogens is 527 g/mol. The molecule has 0 bridgehead atoms. The molecule has 2 rings (SSSR count). The van der Waals surface area contributed by atoms with Gasteiger partial charge >= 0.3 is 0 Å². The lowest BCUT2D eigenvalue weighted by atomic mass is 10.1. The summed E-state index contributed by atoms with van der Waals surface area (Å²) in [6.07, 6.45) is 0. The molecule has 2 N–H and O–H groups in total. The van der Waals surface area contributed by atoms with Crippen molar-refractivity contribution >= 4 is 40.0 Å². The average Bonchev–Trinajstić information content (AvgIpc) is 2.73. The molecule has 0 aliphatic rings. The van der Waals surface area contributed by atoms with Crippen LogP contribution in [0, 0.1) is 6.92 Å². The number of hydrogen-bond acceptors (Lipinski definition) is 4. The molecular formula is C22H33IN4O3S. The van der Waals surface area contributed by atoms with E-state index in [-0.39, 0.29) is 35.4 Å². The van der Waals surface area contributed by atoms with E-state index in [9.17, 15) is 8.42 Å². The summed E-state index contributed by atoms with van der Waals surface area (Å²) >= 11 is 0. The fourth-order valence-corrected chi connectivity index (χ4v) is 3.93. The summed E-state index contributed by atoms with van der Waals surface area (Å²) in [7, 11) is -0.0484. The summed E-state index contributed by atoms with van der Waals surface area (Å²) in [6, 6.07) is 15.3. The molecule has 0 saturated heterocycles. The molecule has 0 heterocycles. The zero-order chi connectivity index (χ0) is 22.0. The van der Waals surface area contributed by atoms with Crippen LogP contribution in [0.2, 0.25) is 0 Å². The molecule has 0 aromatic heterocycles. The second-order valence-electron chi connectivity index (χ2n) is 7.05. The minimum absolute atomic E-state index is 0. The zero-order valence-electron chi connectivity index (χ0n) is 18.6. The highest BCUT2D eigenvalue weighted by Gasteiger charge is 2.14. The van der Waals surface area contributed by atoms with Crippen LogP contribution in [0.5, 0.6) is 0 Å². The van der Waals surface area contributed by atoms with Gasteiger partial charge in [0.25, 0.3) is 0 Å². The van der Waals surface area contributed by atoms with E-state index >= 15 is 0 Å². The highest BCUT2D eigenvalue weighted by Crippen LogP contribution is 2.13. The number of aryl methyl sites for hydroxylation is 1. The normalized spacial score (nSPS) is 11.7. The van der Waals surface area contributed by atoms with Crippen molar-refractivity contribution in [1.29, 1.82) is 0 Å². The Balaban J connectivity index is 0.00000480. The van der Waals surface area contributed by atoms with Crippen LogP contribution in [0.3, 0.4) is 0 Å². The lowest BCUT2D eigenvalue weighted by molar-refractivity contribution is 0.204. The van der Waals surface area contributed by atoms with E-state index in [1.165, 1.54) is 18.2 Å². The Kier molecular flexibility index (Phi) is 12.1. The molecule has 0 atom stereocenters. The van der Waals surface area contributed by atoms with Gasteiger partial charge in [0, 0.05) is 33.8 Å². The molecule has 0 saturated carbocycles. The summed E-state index contributed by atoms with van der Waals surface area (Å²) in [5, 5.41) is 3.29. The maximum atomic E-state index is 12.4. The highest BCUT2D eigenvalue weighted by atomic mass is 127. The molecule has 0 spiro atoms. The molecule has 31 heavy (non-hydrogen) atoms. The van der Waals surface area contributed by atoms with Gasteiger partial charge in [0.2, 0.25) is 10.0 Å². The van der Waals surface area contributed by atoms with Crippen LogP contribution in [-0.2, 0) is 27.8 Å². The molecule has 172 valence electrons. The van der Waals surface area contributed by atoms with Gasteiger partial charge in [0.15, 0.2) is 5.96 Å². The van der Waals surface area contributed by atoms with E-state index < -0.39 is 10.0 Å². The highest BCUT2D eigenvalue weighted by molar-refractivity contribution is 14.0. The van der Waals surface area contributed by atoms with Crippen molar-refractivity contribution in [2.45, 2.75) is 31.8 Å². The monoisotopic (exact) mass is 560 g/mol. The predicted octanol–water partition coefficient (Wildman–Crippen LogP) is 3.14. The van der Waals surface area contributed by atoms with Gasteiger partial charge in [-0.2, -0.15) is 0 Å². The minimum atomic E-state index is -3.57. The van der Waals surface area contributed by atoms with Crippen LogP contribution in [0.1, 0.15) is 23.6 Å². The third-order valence-corrected chi connectivity index (χ3v) is 5.91. The van der Waals surface area contributed by atoms with Crippen LogP contribution < -0.4 is 10.0 Å². The molecule has 0 unspecified atom stereocenters. The Labute approximate surface area is 203 Å². The number of rotatable bonds is 10. The van der Waals surface area contributed by atoms with Crippen molar-refractivity contribution in [2.75, 3.05) is 33.9 Å². The lowest BCUT2D eigenvalue weighted by Crippen LogP contribution is -2.38. The van der Waals surface area contributed by atoms with Crippen LogP contribution in [0.25, 0.3) is 0 Å². The van der Waals surface area contributed by atoms with Gasteiger partial charge in [-0.05, 0) is 37.1 Å². The van der Waals surface area contributed by atoms with Crippen LogP contribution in [0.15, 0.2) is 58.4 Å². The lowest BCUT2D eigenvalue weighted by Gasteiger charge is -2.22. The third-order valence-electron chi connectivity index (χ3n) is 4.46. The molecule has 0 radical (unpaired) electrons. The molecule has 2 aromatic rings. The van der Waals surface area contributed by atoms with E-state index in [2.05, 4.69) is 46.1 Å². The van der Waals surface area contributed by atoms with E-state index in [1.807, 2.05) is 20.0 Å². The quantitative estimate of drug-likeness (QED) is 0.202. The Hall–Kier alpha value is -1.69. The molecule has 9 heteroatoms. The molecule has 7 nitrogen and oxygen atoms in total. The van der Waals surface area contributed by atoms with Crippen molar-refractivity contribution in [1.82, 2.24) is 14.9 Å². The van der Waals surface area contributed by atoms with E-state index in [0.29, 0.717) is 13.2 Å². The van der Waals surface area contributed by atoms with Gasteiger partial charge in [0.1, 0.15) is 0 Å². The standard InChI is InChI=1S/C22H32N4O3S.HI/c1-5-23-22(26(3)17-19-11-9-18(2)10-12-19)24-16-20-7-6-8-21(15-20)30(27,28)25-13-14-29-4;/h6-12,15,25H,5,13-14,16-17H2,1-4H3,(H,23,24);1H. The molecule has 2 aromatic carbocycles. The Morgan fingerprint density at radius 1 is 1.13 bits per heavy atom. The maximum Gasteiger partial charge on any atom is 0.240 e. The minimum Gasteiger partial charge on any atom is -0.383 e. The largest absolute Gasteiger partial charge is 0.383 e. The van der Waals surface area contributed by atoms with E-state index in [1.54, 1.807) is 18.2 Å². The molecule has 0 amide bonds. The van der Waals surface area contributed by atoms with Crippen LogP contribution in [-0.4, -0.2) is 53.1 Å². The topological polar surface area (TPSA) is 83.0 Å². The number of sulfonamides is 1. The number of nitrogens with one attached hydrogen (secondary N) is 2. The van der Waals surface area contributed by atoms with Gasteiger partial charge in [0.05, 0.1) is 18.0 Å². The first kappa shape index (κ1) is 27.3. The van der Waals surface area contributed by atoms with Gasteiger partial charge in [-0.3, -0.25) is 0 Å². The molecule has 0 aliphatic heterocycles. The van der Waals surface area contributed by atoms with Gasteiger partial charge in [-0.1, -0.05) is 42.0 Å². The Bertz CT molecular complexity index is 934. The maximum absolute atomic E-state index is 12.4. The number of benzene rings is 2. The predicted molar refractivity (Wildman–Crippen MR) is 136 cm³/mol. The molecule has 0 aliphatic carbocycles. The first-order valence-electron chi connectivity index (χ1n) is 9.98. The van der Waals surface area contributed by atoms with E-state index in [0.717, 1.165) is 24.6 Å². The van der Waals surface area contributed by atoms with Gasteiger partial charge in [-0.25, -0.2) is 18.1 Å². The fraction of sp³-hybridized carbons (Fsp3) is 0.409. The Morgan fingerprint density at radius 2 is 1.84 bits per heavy atom. The zero-order valence-corrected chi connectivity index (χ0v) is 21.7. The first-order chi connectivity index (χ1) is 14.4. The summed E-state index contributed by atoms with van der Waals surface area (Å²) in [4.78, 5) is 6.98. The summed E-state index contributed by atoms with van der Waals surface area (Å²) < 4.78 is 32.3. The third kappa shape index (κ3) is 9.14. The van der Waals surface area contributed by atoms with Crippen molar-refractivity contribution < 1.29 is 13.2 Å². The Morgan fingerprint density at radius 3 is 2.48 bits per heavy atom. The number of aliphatic imine (C=N–C) groups is 1. The number of guanidine groups is 1. The van der Waals surface area contributed by atoms with Crippen LogP contribution in [0.4, 0.5) is 0 Å². The van der Waals surface area contributed by atoms with Crippen molar-refractivity contribution in [2.24, 2.45) is 4.99 Å². The van der Waals surface area contributed by atoms with Crippen molar-refractivity contribution in [3.63, 3.8) is 0 Å². The average molecular weight is 561 g/mol. The second-order valence-corrected chi connectivity index (χ2v) is 8.82. The van der Waals surface area contributed by atoms with Crippen molar-refractivity contribution in [3.8, 4) is 0 Å². The molecule has 0 fully saturated rings. The summed E-state index contributed by atoms with van der Waals surface area (Å²) in [5.41, 5.74) is 3.25. The smallest absolute Gasteiger partial charge is 0.240 e. The fourth-order valence-electron chi connectivity index (χ4n) is 2.85. The van der Waals surface area contributed by atoms with E-state index in [4.69, 9.17) is 9.73 Å². The second kappa shape index (κ2) is 13.7. The summed E-state index contributed by atoms with van der Waals surface area (Å²) in [6.45, 7) is 6.49. The SMILES string of the molecule is CCNC(=NCc1cccc(S(=O)(=O)NCCOC)c1)N(C)Cc1ccc(C)cc1.I. The number of halogens is 1. The number of methoxy groups -OCH3 is 1.